The molecule has 1 aliphatic rings. The van der Waals surface area contributed by atoms with E-state index in [0.717, 1.165) is 25.0 Å². The summed E-state index contributed by atoms with van der Waals surface area (Å²) in [6, 6.07) is 8.43. The fourth-order valence-corrected chi connectivity index (χ4v) is 4.77. The van der Waals surface area contributed by atoms with Crippen molar-refractivity contribution in [2.45, 2.75) is 38.0 Å². The number of pyridine rings is 1. The first kappa shape index (κ1) is 18.5. The summed E-state index contributed by atoms with van der Waals surface area (Å²) in [5, 5.41) is 2.76. The average Bonchev–Trinajstić information content (AvgIpc) is 2.64. The van der Waals surface area contributed by atoms with E-state index >= 15 is 0 Å². The molecule has 2 aromatic rings. The van der Waals surface area contributed by atoms with Gasteiger partial charge >= 0.3 is 0 Å². The SMILES string of the molecule is Cc1ccc(C(=O)Nc2ccc(C)c(S(=O)(=O)N3CCCCC3)c2)cn1. The van der Waals surface area contributed by atoms with Gasteiger partial charge in [0.25, 0.3) is 5.91 Å². The Morgan fingerprint density at radius 3 is 2.46 bits per heavy atom. The standard InChI is InChI=1S/C19H23N3O3S/c1-14-6-9-17(21-19(23)16-8-7-15(2)20-13-16)12-18(14)26(24,25)22-10-4-3-5-11-22/h6-9,12-13H,3-5,10-11H2,1-2H3,(H,21,23). The number of nitrogens with zero attached hydrogens (tertiary/aromatic N) is 2. The number of aromatic nitrogens is 1. The molecule has 138 valence electrons. The molecule has 7 heteroatoms. The second-order valence-electron chi connectivity index (χ2n) is 6.59. The van der Waals surface area contributed by atoms with Crippen molar-refractivity contribution in [1.29, 1.82) is 0 Å². The molecule has 0 aliphatic carbocycles. The zero-order valence-corrected chi connectivity index (χ0v) is 15.8. The van der Waals surface area contributed by atoms with Crippen LogP contribution < -0.4 is 5.32 Å². The molecule has 1 N–H and O–H groups in total. The Hall–Kier alpha value is -2.25. The van der Waals surface area contributed by atoms with Crippen LogP contribution in [0.1, 0.15) is 40.9 Å². The van der Waals surface area contributed by atoms with Crippen molar-refractivity contribution in [2.24, 2.45) is 0 Å². The lowest BCUT2D eigenvalue weighted by Crippen LogP contribution is -2.36. The lowest BCUT2D eigenvalue weighted by molar-refractivity contribution is 0.102. The van der Waals surface area contributed by atoms with Crippen LogP contribution >= 0.6 is 0 Å². The minimum absolute atomic E-state index is 0.249. The third-order valence-electron chi connectivity index (χ3n) is 4.55. The highest BCUT2D eigenvalue weighted by atomic mass is 32.2. The molecule has 2 heterocycles. The number of anilines is 1. The average molecular weight is 373 g/mol. The summed E-state index contributed by atoms with van der Waals surface area (Å²) in [5.74, 6) is -0.317. The maximum Gasteiger partial charge on any atom is 0.257 e. The van der Waals surface area contributed by atoms with Crippen LogP contribution in [0.3, 0.4) is 0 Å². The summed E-state index contributed by atoms with van der Waals surface area (Å²) in [5.41, 5.74) is 2.38. The highest BCUT2D eigenvalue weighted by Crippen LogP contribution is 2.26. The third-order valence-corrected chi connectivity index (χ3v) is 6.59. The topological polar surface area (TPSA) is 79.4 Å². The number of nitrogens with one attached hydrogen (secondary N) is 1. The fraction of sp³-hybridized carbons (Fsp3) is 0.368. The monoisotopic (exact) mass is 373 g/mol. The van der Waals surface area contributed by atoms with E-state index in [9.17, 15) is 13.2 Å². The Morgan fingerprint density at radius 1 is 1.08 bits per heavy atom. The van der Waals surface area contributed by atoms with Crippen LogP contribution in [-0.2, 0) is 10.0 Å². The van der Waals surface area contributed by atoms with E-state index in [-0.39, 0.29) is 10.8 Å². The zero-order chi connectivity index (χ0) is 18.7. The number of hydrogen-bond donors (Lipinski definition) is 1. The summed E-state index contributed by atoms with van der Waals surface area (Å²) in [7, 11) is -3.55. The smallest absolute Gasteiger partial charge is 0.257 e. The van der Waals surface area contributed by atoms with Gasteiger partial charge in [-0.2, -0.15) is 4.31 Å². The van der Waals surface area contributed by atoms with E-state index in [1.54, 1.807) is 37.3 Å². The molecule has 0 unspecified atom stereocenters. The lowest BCUT2D eigenvalue weighted by Gasteiger charge is -2.26. The number of rotatable bonds is 4. The number of benzene rings is 1. The second kappa shape index (κ2) is 7.55. The normalized spacial score (nSPS) is 15.6. The zero-order valence-electron chi connectivity index (χ0n) is 15.0. The van der Waals surface area contributed by atoms with E-state index in [1.807, 2.05) is 6.92 Å². The third kappa shape index (κ3) is 3.94. The number of aryl methyl sites for hydroxylation is 2. The van der Waals surface area contributed by atoms with E-state index in [0.29, 0.717) is 29.9 Å². The molecule has 0 atom stereocenters. The predicted molar refractivity (Wildman–Crippen MR) is 101 cm³/mol. The van der Waals surface area contributed by atoms with Gasteiger partial charge in [0.15, 0.2) is 0 Å². The van der Waals surface area contributed by atoms with Gasteiger partial charge in [0.05, 0.1) is 10.5 Å². The number of piperidine rings is 1. The molecule has 1 saturated heterocycles. The Labute approximate surface area is 154 Å². The maximum absolute atomic E-state index is 13.0. The van der Waals surface area contributed by atoms with Gasteiger partial charge < -0.3 is 5.32 Å². The quantitative estimate of drug-likeness (QED) is 0.893. The Bertz CT molecular complexity index is 902. The molecule has 0 radical (unpaired) electrons. The molecule has 3 rings (SSSR count). The summed E-state index contributed by atoms with van der Waals surface area (Å²) < 4.78 is 27.4. The summed E-state index contributed by atoms with van der Waals surface area (Å²) >= 11 is 0. The Morgan fingerprint density at radius 2 is 1.81 bits per heavy atom. The number of hydrogen-bond acceptors (Lipinski definition) is 4. The van der Waals surface area contributed by atoms with Crippen LogP contribution in [0.25, 0.3) is 0 Å². The van der Waals surface area contributed by atoms with E-state index in [1.165, 1.54) is 10.5 Å². The minimum atomic E-state index is -3.55. The first-order chi connectivity index (χ1) is 12.4. The molecule has 1 fully saturated rings. The highest BCUT2D eigenvalue weighted by Gasteiger charge is 2.27. The van der Waals surface area contributed by atoms with Crippen molar-refractivity contribution in [2.75, 3.05) is 18.4 Å². The van der Waals surface area contributed by atoms with Crippen LogP contribution in [-0.4, -0.2) is 36.7 Å². The molecule has 1 aliphatic heterocycles. The van der Waals surface area contributed by atoms with Crippen LogP contribution in [0.5, 0.6) is 0 Å². The number of carbonyl (C=O) groups is 1. The number of sulfonamides is 1. The van der Waals surface area contributed by atoms with Crippen molar-refractivity contribution in [3.63, 3.8) is 0 Å². The van der Waals surface area contributed by atoms with Crippen LogP contribution in [0.4, 0.5) is 5.69 Å². The highest BCUT2D eigenvalue weighted by molar-refractivity contribution is 7.89. The summed E-state index contributed by atoms with van der Waals surface area (Å²) in [6.45, 7) is 4.71. The molecule has 0 spiro atoms. The van der Waals surface area contributed by atoms with Gasteiger partial charge in [-0.05, 0) is 56.5 Å². The van der Waals surface area contributed by atoms with Crippen LogP contribution in [0.2, 0.25) is 0 Å². The minimum Gasteiger partial charge on any atom is -0.322 e. The number of amides is 1. The van der Waals surface area contributed by atoms with Gasteiger partial charge in [-0.1, -0.05) is 12.5 Å². The van der Waals surface area contributed by atoms with Crippen molar-refractivity contribution in [1.82, 2.24) is 9.29 Å². The van der Waals surface area contributed by atoms with Gasteiger partial charge in [-0.15, -0.1) is 0 Å². The second-order valence-corrected chi connectivity index (χ2v) is 8.49. The van der Waals surface area contributed by atoms with Gasteiger partial charge in [0, 0.05) is 30.7 Å². The predicted octanol–water partition coefficient (Wildman–Crippen LogP) is 3.13. The lowest BCUT2D eigenvalue weighted by atomic mass is 10.2. The van der Waals surface area contributed by atoms with Crippen LogP contribution in [0, 0.1) is 13.8 Å². The van der Waals surface area contributed by atoms with Crippen molar-refractivity contribution in [3.8, 4) is 0 Å². The van der Waals surface area contributed by atoms with Gasteiger partial charge in [-0.3, -0.25) is 9.78 Å². The largest absolute Gasteiger partial charge is 0.322 e. The molecule has 26 heavy (non-hydrogen) atoms. The molecule has 0 bridgehead atoms. The van der Waals surface area contributed by atoms with Crippen LogP contribution in [0.15, 0.2) is 41.4 Å². The first-order valence-corrected chi connectivity index (χ1v) is 10.2. The molecule has 6 nitrogen and oxygen atoms in total. The number of carbonyl (C=O) groups excluding carboxylic acids is 1. The molecular formula is C19H23N3O3S. The maximum atomic E-state index is 13.0. The van der Waals surface area contributed by atoms with Crippen molar-refractivity contribution in [3.05, 3.63) is 53.3 Å². The summed E-state index contributed by atoms with van der Waals surface area (Å²) in [4.78, 5) is 16.7. The molecule has 1 aromatic carbocycles. The van der Waals surface area contributed by atoms with Gasteiger partial charge in [-0.25, -0.2) is 8.42 Å². The van der Waals surface area contributed by atoms with Crippen molar-refractivity contribution >= 4 is 21.6 Å². The Balaban J connectivity index is 1.85. The van der Waals surface area contributed by atoms with Gasteiger partial charge in [0.2, 0.25) is 10.0 Å². The molecule has 1 aromatic heterocycles. The van der Waals surface area contributed by atoms with E-state index < -0.39 is 10.0 Å². The fourth-order valence-electron chi connectivity index (χ4n) is 3.01. The van der Waals surface area contributed by atoms with E-state index in [4.69, 9.17) is 0 Å². The van der Waals surface area contributed by atoms with E-state index in [2.05, 4.69) is 10.3 Å². The first-order valence-electron chi connectivity index (χ1n) is 8.73. The molecule has 1 amide bonds. The molecule has 0 saturated carbocycles. The van der Waals surface area contributed by atoms with Crippen molar-refractivity contribution < 1.29 is 13.2 Å². The van der Waals surface area contributed by atoms with Gasteiger partial charge in [0.1, 0.15) is 0 Å². The molecular weight excluding hydrogens is 350 g/mol. The summed E-state index contributed by atoms with van der Waals surface area (Å²) in [6.07, 6.45) is 4.33. The Kier molecular flexibility index (Phi) is 5.38.